The van der Waals surface area contributed by atoms with Crippen LogP contribution in [0.2, 0.25) is 0 Å². The fourth-order valence-electron chi connectivity index (χ4n) is 2.42. The van der Waals surface area contributed by atoms with E-state index in [4.69, 9.17) is 0 Å². The zero-order chi connectivity index (χ0) is 13.5. The lowest BCUT2D eigenvalue weighted by atomic mass is 10.1. The Labute approximate surface area is 109 Å². The second kappa shape index (κ2) is 4.36. The van der Waals surface area contributed by atoms with Gasteiger partial charge in [-0.2, -0.15) is 0 Å². The topological polar surface area (TPSA) is 45.6 Å². The zero-order valence-electron chi connectivity index (χ0n) is 10.3. The highest BCUT2D eigenvalue weighted by molar-refractivity contribution is 5.94. The monoisotopic (exact) mass is 265 g/mol. The van der Waals surface area contributed by atoms with Crippen LogP contribution >= 0.6 is 0 Å². The highest BCUT2D eigenvalue weighted by atomic mass is 19.3. The van der Waals surface area contributed by atoms with Crippen LogP contribution in [0.3, 0.4) is 0 Å². The van der Waals surface area contributed by atoms with Crippen molar-refractivity contribution in [1.29, 1.82) is 0 Å². The average molecular weight is 265 g/mol. The average Bonchev–Trinajstić information content (AvgIpc) is 2.83. The Morgan fingerprint density at radius 1 is 1.42 bits per heavy atom. The number of likely N-dealkylation sites (tertiary alicyclic amines) is 1. The Morgan fingerprint density at radius 3 is 3.05 bits per heavy atom. The second-order valence-corrected chi connectivity index (χ2v) is 4.92. The molecule has 0 unspecified atom stereocenters. The van der Waals surface area contributed by atoms with Gasteiger partial charge in [-0.25, -0.2) is 8.78 Å². The van der Waals surface area contributed by atoms with Gasteiger partial charge in [-0.05, 0) is 18.1 Å². The fourth-order valence-corrected chi connectivity index (χ4v) is 2.42. The smallest absolute Gasteiger partial charge is 0.272 e. The molecule has 0 bridgehead atoms. The summed E-state index contributed by atoms with van der Waals surface area (Å²) in [5, 5.41) is 0. The number of carbonyl (C=O) groups is 1. The summed E-state index contributed by atoms with van der Waals surface area (Å²) in [4.78, 5) is 21.5. The maximum absolute atomic E-state index is 13.3. The molecule has 0 radical (unpaired) electrons. The molecule has 1 amide bonds. The molecule has 4 nitrogen and oxygen atoms in total. The summed E-state index contributed by atoms with van der Waals surface area (Å²) in [5.74, 6) is -3.21. The number of carbonyl (C=O) groups excluding carboxylic acids is 1. The van der Waals surface area contributed by atoms with Gasteiger partial charge >= 0.3 is 0 Å². The standard InChI is InChI=1S/C13H13F2N3O/c14-13(15)2-1-3-18(8-13)12(19)11-4-9-5-16-6-10(9)7-17-11/h4,6-7H,1-3,5,8H2. The van der Waals surface area contributed by atoms with E-state index in [0.717, 1.165) is 11.1 Å². The molecule has 1 aromatic heterocycles. The molecule has 0 spiro atoms. The van der Waals surface area contributed by atoms with E-state index in [1.165, 1.54) is 4.90 Å². The zero-order valence-corrected chi connectivity index (χ0v) is 10.3. The van der Waals surface area contributed by atoms with Crippen LogP contribution in [-0.2, 0) is 6.54 Å². The molecule has 6 heteroatoms. The summed E-state index contributed by atoms with van der Waals surface area (Å²) < 4.78 is 26.6. The quantitative estimate of drug-likeness (QED) is 0.778. The van der Waals surface area contributed by atoms with Gasteiger partial charge in [0, 0.05) is 30.9 Å². The van der Waals surface area contributed by atoms with Crippen LogP contribution in [0, 0.1) is 0 Å². The van der Waals surface area contributed by atoms with Crippen molar-refractivity contribution in [2.45, 2.75) is 25.3 Å². The molecule has 0 atom stereocenters. The number of piperidine rings is 1. The van der Waals surface area contributed by atoms with Crippen LogP contribution in [0.1, 0.15) is 34.5 Å². The minimum Gasteiger partial charge on any atom is -0.331 e. The molecule has 0 N–H and O–H groups in total. The lowest BCUT2D eigenvalue weighted by Crippen LogP contribution is -2.45. The number of pyridine rings is 1. The first-order valence-corrected chi connectivity index (χ1v) is 6.21. The van der Waals surface area contributed by atoms with Crippen LogP contribution < -0.4 is 0 Å². The molecular formula is C13H13F2N3O. The van der Waals surface area contributed by atoms with Crippen molar-refractivity contribution in [3.8, 4) is 0 Å². The number of aliphatic imine (C=N–C) groups is 1. The van der Waals surface area contributed by atoms with Crippen molar-refractivity contribution in [3.63, 3.8) is 0 Å². The third-order valence-electron chi connectivity index (χ3n) is 3.42. The largest absolute Gasteiger partial charge is 0.331 e. The first-order valence-electron chi connectivity index (χ1n) is 6.21. The summed E-state index contributed by atoms with van der Waals surface area (Å²) in [6.45, 7) is 0.374. The van der Waals surface area contributed by atoms with E-state index in [0.29, 0.717) is 19.5 Å². The highest BCUT2D eigenvalue weighted by Gasteiger charge is 2.37. The molecule has 0 aliphatic carbocycles. The van der Waals surface area contributed by atoms with Gasteiger partial charge in [-0.15, -0.1) is 0 Å². The number of nitrogens with zero attached hydrogens (tertiary/aromatic N) is 3. The number of alkyl halides is 2. The molecule has 3 heterocycles. The summed E-state index contributed by atoms with van der Waals surface area (Å²) in [6.07, 6.45) is 3.45. The maximum Gasteiger partial charge on any atom is 0.272 e. The predicted molar refractivity (Wildman–Crippen MR) is 65.6 cm³/mol. The van der Waals surface area contributed by atoms with Gasteiger partial charge in [-0.3, -0.25) is 14.8 Å². The van der Waals surface area contributed by atoms with E-state index < -0.39 is 18.4 Å². The molecular weight excluding hydrogens is 252 g/mol. The summed E-state index contributed by atoms with van der Waals surface area (Å²) >= 11 is 0. The van der Waals surface area contributed by atoms with Gasteiger partial charge in [0.15, 0.2) is 0 Å². The Bertz CT molecular complexity index is 557. The van der Waals surface area contributed by atoms with Crippen molar-refractivity contribution in [3.05, 3.63) is 29.1 Å². The Hall–Kier alpha value is -1.85. The molecule has 3 rings (SSSR count). The van der Waals surface area contributed by atoms with Gasteiger partial charge in [-0.1, -0.05) is 0 Å². The van der Waals surface area contributed by atoms with E-state index in [9.17, 15) is 13.6 Å². The summed E-state index contributed by atoms with van der Waals surface area (Å²) in [7, 11) is 0. The molecule has 0 aromatic carbocycles. The van der Waals surface area contributed by atoms with Gasteiger partial charge < -0.3 is 4.90 Å². The van der Waals surface area contributed by atoms with E-state index in [-0.39, 0.29) is 12.1 Å². The first kappa shape index (κ1) is 12.2. The number of amides is 1. The molecule has 2 aliphatic heterocycles. The maximum atomic E-state index is 13.3. The van der Waals surface area contributed by atoms with Crippen LogP contribution in [0.25, 0.3) is 0 Å². The van der Waals surface area contributed by atoms with Gasteiger partial charge in [0.05, 0.1) is 13.1 Å². The number of hydrogen-bond acceptors (Lipinski definition) is 3. The Morgan fingerprint density at radius 2 is 2.26 bits per heavy atom. The van der Waals surface area contributed by atoms with E-state index in [2.05, 4.69) is 9.98 Å². The first-order chi connectivity index (χ1) is 9.05. The molecule has 1 aromatic rings. The van der Waals surface area contributed by atoms with Crippen LogP contribution in [0.15, 0.2) is 17.3 Å². The summed E-state index contributed by atoms with van der Waals surface area (Å²) in [5.41, 5.74) is 2.03. The molecule has 19 heavy (non-hydrogen) atoms. The minimum atomic E-state index is -2.78. The van der Waals surface area contributed by atoms with E-state index >= 15 is 0 Å². The van der Waals surface area contributed by atoms with Gasteiger partial charge in [0.2, 0.25) is 0 Å². The van der Waals surface area contributed by atoms with Crippen molar-refractivity contribution < 1.29 is 13.6 Å². The van der Waals surface area contributed by atoms with Crippen molar-refractivity contribution in [2.24, 2.45) is 4.99 Å². The lowest BCUT2D eigenvalue weighted by molar-refractivity contribution is -0.0561. The van der Waals surface area contributed by atoms with E-state index in [1.54, 1.807) is 18.5 Å². The number of aromatic nitrogens is 1. The van der Waals surface area contributed by atoms with Crippen molar-refractivity contribution in [2.75, 3.05) is 13.1 Å². The minimum absolute atomic E-state index is 0.151. The number of halogens is 2. The third-order valence-corrected chi connectivity index (χ3v) is 3.42. The number of hydrogen-bond donors (Lipinski definition) is 0. The molecule has 2 aliphatic rings. The van der Waals surface area contributed by atoms with Gasteiger partial charge in [0.25, 0.3) is 11.8 Å². The Kier molecular flexibility index (Phi) is 2.80. The normalized spacial score (nSPS) is 20.4. The van der Waals surface area contributed by atoms with Crippen molar-refractivity contribution >= 4 is 12.1 Å². The fraction of sp³-hybridized carbons (Fsp3) is 0.462. The van der Waals surface area contributed by atoms with Crippen molar-refractivity contribution in [1.82, 2.24) is 9.88 Å². The number of fused-ring (bicyclic) bond motifs is 1. The van der Waals surface area contributed by atoms with Gasteiger partial charge in [0.1, 0.15) is 5.69 Å². The van der Waals surface area contributed by atoms with Crippen LogP contribution in [-0.4, -0.2) is 41.0 Å². The number of rotatable bonds is 1. The molecule has 1 fully saturated rings. The molecule has 100 valence electrons. The van der Waals surface area contributed by atoms with Crippen LogP contribution in [0.5, 0.6) is 0 Å². The lowest BCUT2D eigenvalue weighted by Gasteiger charge is -2.32. The van der Waals surface area contributed by atoms with Crippen LogP contribution in [0.4, 0.5) is 8.78 Å². The Balaban J connectivity index is 1.81. The predicted octanol–water partition coefficient (Wildman–Crippen LogP) is 1.89. The molecule has 0 saturated carbocycles. The van der Waals surface area contributed by atoms with E-state index in [1.807, 2.05) is 0 Å². The SMILES string of the molecule is O=C(c1cc2c(cn1)C=NC2)N1CCCC(F)(F)C1. The highest BCUT2D eigenvalue weighted by Crippen LogP contribution is 2.27. The second-order valence-electron chi connectivity index (χ2n) is 4.92. The third kappa shape index (κ3) is 2.34. The molecule has 1 saturated heterocycles. The summed E-state index contributed by atoms with van der Waals surface area (Å²) in [6, 6.07) is 1.65.